The Labute approximate surface area is 107 Å². The summed E-state index contributed by atoms with van der Waals surface area (Å²) in [5.41, 5.74) is 0.741. The molecule has 5 heteroatoms. The Morgan fingerprint density at radius 2 is 2.44 bits per heavy atom. The largest absolute Gasteiger partial charge is 0.475 e. The van der Waals surface area contributed by atoms with Gasteiger partial charge in [0.05, 0.1) is 6.26 Å². The Hall–Kier alpha value is -1.33. The van der Waals surface area contributed by atoms with Crippen LogP contribution in [0.25, 0.3) is 0 Å². The second-order valence-corrected chi connectivity index (χ2v) is 5.05. The van der Waals surface area contributed by atoms with Crippen LogP contribution in [0, 0.1) is 0 Å². The van der Waals surface area contributed by atoms with Gasteiger partial charge >= 0.3 is 5.97 Å². The van der Waals surface area contributed by atoms with E-state index in [4.69, 9.17) is 9.52 Å². The number of likely N-dealkylation sites (tertiary alicyclic amines) is 1. The number of nitrogens with zero attached hydrogens (tertiary/aromatic N) is 2. The van der Waals surface area contributed by atoms with Gasteiger partial charge in [-0.05, 0) is 39.5 Å². The molecule has 1 aromatic rings. The van der Waals surface area contributed by atoms with Gasteiger partial charge in [-0.1, -0.05) is 0 Å². The molecule has 1 fully saturated rings. The average molecular weight is 252 g/mol. The van der Waals surface area contributed by atoms with E-state index in [1.807, 2.05) is 7.05 Å². The number of carbonyl (C=O) groups is 1. The molecule has 1 atom stereocenters. The van der Waals surface area contributed by atoms with Gasteiger partial charge in [-0.2, -0.15) is 0 Å². The molecule has 0 spiro atoms. The molecule has 1 unspecified atom stereocenters. The lowest BCUT2D eigenvalue weighted by molar-refractivity contribution is 0.0659. The molecule has 1 aliphatic rings. The molecule has 18 heavy (non-hydrogen) atoms. The van der Waals surface area contributed by atoms with Gasteiger partial charge < -0.3 is 19.3 Å². The van der Waals surface area contributed by atoms with Crippen molar-refractivity contribution in [2.24, 2.45) is 0 Å². The summed E-state index contributed by atoms with van der Waals surface area (Å²) in [7, 11) is 4.16. The summed E-state index contributed by atoms with van der Waals surface area (Å²) in [6.07, 6.45) is 3.91. The third kappa shape index (κ3) is 2.91. The SMILES string of the molecule is CN(Cc1ccoc1C(=O)O)CC1CCCN1C. The number of hydrogen-bond donors (Lipinski definition) is 1. The summed E-state index contributed by atoms with van der Waals surface area (Å²) < 4.78 is 4.98. The van der Waals surface area contributed by atoms with Crippen molar-refractivity contribution in [3.8, 4) is 0 Å². The summed E-state index contributed by atoms with van der Waals surface area (Å²) in [6, 6.07) is 2.31. The van der Waals surface area contributed by atoms with Crippen molar-refractivity contribution < 1.29 is 14.3 Å². The highest BCUT2D eigenvalue weighted by Gasteiger charge is 2.23. The van der Waals surface area contributed by atoms with E-state index in [1.165, 1.54) is 19.1 Å². The third-order valence-corrected chi connectivity index (χ3v) is 3.58. The minimum absolute atomic E-state index is 0.0571. The van der Waals surface area contributed by atoms with E-state index in [0.717, 1.165) is 18.7 Å². The van der Waals surface area contributed by atoms with Gasteiger partial charge in [0.25, 0.3) is 0 Å². The highest BCUT2D eigenvalue weighted by molar-refractivity contribution is 5.86. The van der Waals surface area contributed by atoms with Crippen LogP contribution in [0.1, 0.15) is 29.0 Å². The van der Waals surface area contributed by atoms with Crippen LogP contribution in [-0.2, 0) is 6.54 Å². The average Bonchev–Trinajstić information content (AvgIpc) is 2.89. The van der Waals surface area contributed by atoms with Crippen molar-refractivity contribution >= 4 is 5.97 Å². The Morgan fingerprint density at radius 3 is 3.06 bits per heavy atom. The molecule has 0 aromatic carbocycles. The first-order valence-electron chi connectivity index (χ1n) is 6.26. The summed E-state index contributed by atoms with van der Waals surface area (Å²) in [6.45, 7) is 2.73. The Morgan fingerprint density at radius 1 is 1.67 bits per heavy atom. The van der Waals surface area contributed by atoms with Gasteiger partial charge in [-0.3, -0.25) is 0 Å². The van der Waals surface area contributed by atoms with Gasteiger partial charge in [0.1, 0.15) is 0 Å². The topological polar surface area (TPSA) is 56.9 Å². The zero-order valence-corrected chi connectivity index (χ0v) is 10.9. The molecule has 0 saturated carbocycles. The molecule has 0 bridgehead atoms. The highest BCUT2D eigenvalue weighted by Crippen LogP contribution is 2.17. The van der Waals surface area contributed by atoms with Crippen LogP contribution < -0.4 is 0 Å². The van der Waals surface area contributed by atoms with E-state index < -0.39 is 5.97 Å². The monoisotopic (exact) mass is 252 g/mol. The normalized spacial score (nSPS) is 20.7. The predicted octanol–water partition coefficient (Wildman–Crippen LogP) is 1.50. The van der Waals surface area contributed by atoms with Crippen LogP contribution in [0.3, 0.4) is 0 Å². The van der Waals surface area contributed by atoms with E-state index in [1.54, 1.807) is 6.07 Å². The zero-order chi connectivity index (χ0) is 13.1. The number of carboxylic acids is 1. The minimum atomic E-state index is -0.999. The maximum atomic E-state index is 10.9. The minimum Gasteiger partial charge on any atom is -0.475 e. The molecule has 5 nitrogen and oxygen atoms in total. The maximum absolute atomic E-state index is 10.9. The van der Waals surface area contributed by atoms with Crippen molar-refractivity contribution in [3.05, 3.63) is 23.7 Å². The van der Waals surface area contributed by atoms with Crippen molar-refractivity contribution in [3.63, 3.8) is 0 Å². The van der Waals surface area contributed by atoms with Crippen molar-refractivity contribution in [2.75, 3.05) is 27.2 Å². The van der Waals surface area contributed by atoms with Crippen LogP contribution in [0.15, 0.2) is 16.7 Å². The molecular formula is C13H20N2O3. The van der Waals surface area contributed by atoms with Crippen LogP contribution in [-0.4, -0.2) is 54.1 Å². The number of rotatable bonds is 5. The van der Waals surface area contributed by atoms with E-state index in [0.29, 0.717) is 12.6 Å². The van der Waals surface area contributed by atoms with Gasteiger partial charge in [0.15, 0.2) is 0 Å². The molecule has 1 aromatic heterocycles. The lowest BCUT2D eigenvalue weighted by Crippen LogP contribution is -2.36. The summed E-state index contributed by atoms with van der Waals surface area (Å²) in [5, 5.41) is 8.97. The second-order valence-electron chi connectivity index (χ2n) is 5.05. The number of aromatic carboxylic acids is 1. The van der Waals surface area contributed by atoms with Crippen molar-refractivity contribution in [1.82, 2.24) is 9.80 Å². The molecule has 2 rings (SSSR count). The van der Waals surface area contributed by atoms with Gasteiger partial charge in [0.2, 0.25) is 5.76 Å². The molecule has 0 aliphatic carbocycles. The standard InChI is InChI=1S/C13H20N2O3/c1-14(9-11-4-3-6-15(11)2)8-10-5-7-18-12(10)13(16)17/h5,7,11H,3-4,6,8-9H2,1-2H3,(H,16,17). The first kappa shape index (κ1) is 13.1. The van der Waals surface area contributed by atoms with Gasteiger partial charge in [-0.25, -0.2) is 4.79 Å². The first-order chi connectivity index (χ1) is 8.58. The third-order valence-electron chi connectivity index (χ3n) is 3.58. The summed E-state index contributed by atoms with van der Waals surface area (Å²) in [5.74, 6) is -0.942. The van der Waals surface area contributed by atoms with Crippen LogP contribution >= 0.6 is 0 Å². The number of likely N-dealkylation sites (N-methyl/N-ethyl adjacent to an activating group) is 2. The number of hydrogen-bond acceptors (Lipinski definition) is 4. The van der Waals surface area contributed by atoms with E-state index >= 15 is 0 Å². The van der Waals surface area contributed by atoms with Crippen molar-refractivity contribution in [1.29, 1.82) is 0 Å². The fraction of sp³-hybridized carbons (Fsp3) is 0.615. The Bertz CT molecular complexity index is 416. The highest BCUT2D eigenvalue weighted by atomic mass is 16.4. The predicted molar refractivity (Wildman–Crippen MR) is 67.7 cm³/mol. The molecule has 0 radical (unpaired) electrons. The molecule has 1 aliphatic heterocycles. The first-order valence-corrected chi connectivity index (χ1v) is 6.26. The molecule has 0 amide bonds. The lowest BCUT2D eigenvalue weighted by atomic mass is 10.2. The van der Waals surface area contributed by atoms with Crippen LogP contribution in [0.2, 0.25) is 0 Å². The van der Waals surface area contributed by atoms with Crippen molar-refractivity contribution in [2.45, 2.75) is 25.4 Å². The molecule has 2 heterocycles. The number of carboxylic acid groups (broad SMARTS) is 1. The van der Waals surface area contributed by atoms with Crippen LogP contribution in [0.4, 0.5) is 0 Å². The zero-order valence-electron chi connectivity index (χ0n) is 10.9. The maximum Gasteiger partial charge on any atom is 0.372 e. The molecular weight excluding hydrogens is 232 g/mol. The quantitative estimate of drug-likeness (QED) is 0.860. The fourth-order valence-corrected chi connectivity index (χ4v) is 2.57. The molecule has 100 valence electrons. The fourth-order valence-electron chi connectivity index (χ4n) is 2.57. The summed E-state index contributed by atoms with van der Waals surface area (Å²) in [4.78, 5) is 15.5. The lowest BCUT2D eigenvalue weighted by Gasteiger charge is -2.25. The number of furan rings is 1. The second kappa shape index (κ2) is 5.54. The Kier molecular flexibility index (Phi) is 4.04. The van der Waals surface area contributed by atoms with E-state index in [9.17, 15) is 4.79 Å². The van der Waals surface area contributed by atoms with Gasteiger partial charge in [-0.15, -0.1) is 0 Å². The molecule has 1 saturated heterocycles. The van der Waals surface area contributed by atoms with E-state index in [2.05, 4.69) is 16.8 Å². The van der Waals surface area contributed by atoms with Gasteiger partial charge in [0, 0.05) is 24.7 Å². The Balaban J connectivity index is 1.92. The van der Waals surface area contributed by atoms with Crippen LogP contribution in [0.5, 0.6) is 0 Å². The summed E-state index contributed by atoms with van der Waals surface area (Å²) >= 11 is 0. The van der Waals surface area contributed by atoms with E-state index in [-0.39, 0.29) is 5.76 Å². The smallest absolute Gasteiger partial charge is 0.372 e. The molecule has 1 N–H and O–H groups in total.